The van der Waals surface area contributed by atoms with Crippen LogP contribution >= 0.6 is 35.3 Å². The van der Waals surface area contributed by atoms with Gasteiger partial charge in [-0.05, 0) is 31.2 Å². The number of likely N-dealkylation sites (N-methyl/N-ethyl adjacent to an activating group) is 1. The van der Waals surface area contributed by atoms with Crippen LogP contribution in [0.3, 0.4) is 0 Å². The molecule has 1 aliphatic rings. The molecule has 9 nitrogen and oxygen atoms in total. The maximum Gasteiger partial charge on any atom is 0.233 e. The van der Waals surface area contributed by atoms with Crippen molar-refractivity contribution < 1.29 is 4.79 Å². The van der Waals surface area contributed by atoms with E-state index in [1.807, 2.05) is 18.5 Å². The molecule has 1 saturated heterocycles. The second kappa shape index (κ2) is 12.2. The third-order valence-electron chi connectivity index (χ3n) is 5.15. The molecule has 0 atom stereocenters. The van der Waals surface area contributed by atoms with Crippen LogP contribution in [0.15, 0.2) is 22.5 Å². The quantitative estimate of drug-likeness (QED) is 0.275. The number of aryl methyl sites for hydroxylation is 1. The summed E-state index contributed by atoms with van der Waals surface area (Å²) in [4.78, 5) is 19.8. The van der Waals surface area contributed by atoms with E-state index >= 15 is 0 Å². The summed E-state index contributed by atoms with van der Waals surface area (Å²) in [6, 6.07) is 4.49. The molecule has 1 aliphatic heterocycles. The number of aliphatic imine (C=N–C) groups is 1. The average molecular weight is 546 g/mol. The topological polar surface area (TPSA) is 99.5 Å². The monoisotopic (exact) mass is 546 g/mol. The second-order valence-electron chi connectivity index (χ2n) is 7.19. The number of carbonyl (C=O) groups excluding carboxylic acids is 1. The summed E-state index contributed by atoms with van der Waals surface area (Å²) < 4.78 is 1.96. The van der Waals surface area contributed by atoms with E-state index in [2.05, 4.69) is 48.6 Å². The Balaban J connectivity index is 0.00000320. The largest absolute Gasteiger partial charge is 0.358 e. The summed E-state index contributed by atoms with van der Waals surface area (Å²) in [6.07, 6.45) is 1.94. The van der Waals surface area contributed by atoms with Crippen molar-refractivity contribution in [3.63, 3.8) is 0 Å². The zero-order valence-corrected chi connectivity index (χ0v) is 20.9. The van der Waals surface area contributed by atoms with E-state index in [9.17, 15) is 4.79 Å². The van der Waals surface area contributed by atoms with E-state index in [0.29, 0.717) is 19.1 Å². The first-order valence-electron chi connectivity index (χ1n) is 9.90. The standard InChI is InChI=1S/C19H30N8OS.HI/c1-14-24-25-17(26(14)3)12-22-19(21-11-16-5-4-10-29-16)23-15-6-8-27(9-7-15)13-18(28)20-2;/h4-5,10,15H,6-9,11-13H2,1-3H3,(H,20,28)(H2,21,22,23);1H. The summed E-state index contributed by atoms with van der Waals surface area (Å²) >= 11 is 1.72. The summed E-state index contributed by atoms with van der Waals surface area (Å²) in [5, 5.41) is 20.1. The molecule has 30 heavy (non-hydrogen) atoms. The van der Waals surface area contributed by atoms with Gasteiger partial charge < -0.3 is 20.5 Å². The highest BCUT2D eigenvalue weighted by Gasteiger charge is 2.21. The Morgan fingerprint density at radius 1 is 1.33 bits per heavy atom. The maximum absolute atomic E-state index is 11.6. The number of halogens is 1. The Morgan fingerprint density at radius 2 is 2.10 bits per heavy atom. The van der Waals surface area contributed by atoms with Crippen molar-refractivity contribution in [3.05, 3.63) is 34.0 Å². The van der Waals surface area contributed by atoms with Gasteiger partial charge in [-0.25, -0.2) is 4.99 Å². The third kappa shape index (κ3) is 7.20. The van der Waals surface area contributed by atoms with Gasteiger partial charge in [0.25, 0.3) is 0 Å². The minimum atomic E-state index is 0. The Hall–Kier alpha value is -1.73. The second-order valence-corrected chi connectivity index (χ2v) is 8.22. The first-order chi connectivity index (χ1) is 14.0. The van der Waals surface area contributed by atoms with Gasteiger partial charge in [-0.1, -0.05) is 6.07 Å². The summed E-state index contributed by atoms with van der Waals surface area (Å²) in [5.41, 5.74) is 0. The lowest BCUT2D eigenvalue weighted by Gasteiger charge is -2.32. The molecule has 3 heterocycles. The molecule has 1 fully saturated rings. The van der Waals surface area contributed by atoms with Crippen molar-refractivity contribution in [2.75, 3.05) is 26.7 Å². The van der Waals surface area contributed by atoms with Gasteiger partial charge in [0.1, 0.15) is 12.4 Å². The first kappa shape index (κ1) is 24.5. The fourth-order valence-electron chi connectivity index (χ4n) is 3.19. The highest BCUT2D eigenvalue weighted by atomic mass is 127. The van der Waals surface area contributed by atoms with E-state index < -0.39 is 0 Å². The van der Waals surface area contributed by atoms with Crippen molar-refractivity contribution in [2.24, 2.45) is 12.0 Å². The van der Waals surface area contributed by atoms with Gasteiger partial charge in [0.2, 0.25) is 5.91 Å². The number of amides is 1. The minimum Gasteiger partial charge on any atom is -0.358 e. The number of nitrogens with one attached hydrogen (secondary N) is 3. The number of carbonyl (C=O) groups is 1. The Morgan fingerprint density at radius 3 is 2.70 bits per heavy atom. The summed E-state index contributed by atoms with van der Waals surface area (Å²) in [6.45, 7) is 5.38. The van der Waals surface area contributed by atoms with Crippen molar-refractivity contribution in [3.8, 4) is 0 Å². The van der Waals surface area contributed by atoms with E-state index in [1.54, 1.807) is 18.4 Å². The van der Waals surface area contributed by atoms with Crippen LogP contribution in [0.5, 0.6) is 0 Å². The molecule has 0 saturated carbocycles. The molecule has 1 amide bonds. The van der Waals surface area contributed by atoms with Crippen molar-refractivity contribution >= 4 is 47.2 Å². The first-order valence-corrected chi connectivity index (χ1v) is 10.8. The number of nitrogens with zero attached hydrogens (tertiary/aromatic N) is 5. The van der Waals surface area contributed by atoms with Gasteiger partial charge in [0.15, 0.2) is 11.8 Å². The van der Waals surface area contributed by atoms with Gasteiger partial charge in [-0.15, -0.1) is 45.5 Å². The van der Waals surface area contributed by atoms with Crippen LogP contribution in [0.4, 0.5) is 0 Å². The molecule has 0 radical (unpaired) electrons. The molecule has 0 unspecified atom stereocenters. The molecule has 0 aliphatic carbocycles. The Bertz CT molecular complexity index is 815. The lowest BCUT2D eigenvalue weighted by molar-refractivity contribution is -0.122. The van der Waals surface area contributed by atoms with Crippen LogP contribution in [0.1, 0.15) is 29.4 Å². The lowest BCUT2D eigenvalue weighted by atomic mass is 10.1. The fourth-order valence-corrected chi connectivity index (χ4v) is 3.83. The number of thiophene rings is 1. The molecule has 2 aromatic rings. The molecule has 2 aromatic heterocycles. The molecular formula is C19H31IN8OS. The van der Waals surface area contributed by atoms with Crippen LogP contribution < -0.4 is 16.0 Å². The van der Waals surface area contributed by atoms with Crippen LogP contribution in [-0.2, 0) is 24.9 Å². The van der Waals surface area contributed by atoms with Crippen LogP contribution in [0.2, 0.25) is 0 Å². The number of hydrogen-bond acceptors (Lipinski definition) is 6. The highest BCUT2D eigenvalue weighted by molar-refractivity contribution is 14.0. The zero-order chi connectivity index (χ0) is 20.6. The van der Waals surface area contributed by atoms with Crippen molar-refractivity contribution in [1.29, 1.82) is 0 Å². The molecule has 0 bridgehead atoms. The van der Waals surface area contributed by atoms with Gasteiger partial charge >= 0.3 is 0 Å². The normalized spacial score (nSPS) is 15.5. The van der Waals surface area contributed by atoms with E-state index in [1.165, 1.54) is 4.88 Å². The lowest BCUT2D eigenvalue weighted by Crippen LogP contribution is -2.49. The molecular weight excluding hydrogens is 515 g/mol. The summed E-state index contributed by atoms with van der Waals surface area (Å²) in [5.74, 6) is 2.55. The number of hydrogen-bond donors (Lipinski definition) is 3. The maximum atomic E-state index is 11.6. The SMILES string of the molecule is CNC(=O)CN1CCC(NC(=NCc2nnc(C)n2C)NCc2cccs2)CC1.I. The predicted molar refractivity (Wildman–Crippen MR) is 130 cm³/mol. The molecule has 3 rings (SSSR count). The van der Waals surface area contributed by atoms with Crippen LogP contribution in [-0.4, -0.2) is 64.3 Å². The number of piperidine rings is 1. The average Bonchev–Trinajstić information content (AvgIpc) is 3.36. The van der Waals surface area contributed by atoms with Crippen LogP contribution in [0.25, 0.3) is 0 Å². The Labute approximate surface area is 198 Å². The summed E-state index contributed by atoms with van der Waals surface area (Å²) in [7, 11) is 3.63. The van der Waals surface area contributed by atoms with Crippen LogP contribution in [0, 0.1) is 6.92 Å². The third-order valence-corrected chi connectivity index (χ3v) is 6.02. The molecule has 166 valence electrons. The molecule has 3 N–H and O–H groups in total. The molecule has 0 aromatic carbocycles. The number of likely N-dealkylation sites (tertiary alicyclic amines) is 1. The number of guanidine groups is 1. The zero-order valence-electron chi connectivity index (χ0n) is 17.7. The number of rotatable bonds is 7. The number of aromatic nitrogens is 3. The highest BCUT2D eigenvalue weighted by Crippen LogP contribution is 2.11. The predicted octanol–water partition coefficient (Wildman–Crippen LogP) is 1.25. The minimum absolute atomic E-state index is 0. The van der Waals surface area contributed by atoms with E-state index in [-0.39, 0.29) is 29.9 Å². The van der Waals surface area contributed by atoms with E-state index in [4.69, 9.17) is 4.99 Å². The van der Waals surface area contributed by atoms with Crippen molar-refractivity contribution in [2.45, 2.75) is 38.9 Å². The molecule has 11 heteroatoms. The smallest absolute Gasteiger partial charge is 0.233 e. The van der Waals surface area contributed by atoms with Crippen molar-refractivity contribution in [1.82, 2.24) is 35.6 Å². The fraction of sp³-hybridized carbons (Fsp3) is 0.579. The van der Waals surface area contributed by atoms with Gasteiger partial charge in [0, 0.05) is 38.1 Å². The Kier molecular flexibility index (Phi) is 9.98. The van der Waals surface area contributed by atoms with E-state index in [0.717, 1.165) is 50.1 Å². The van der Waals surface area contributed by atoms with Gasteiger partial charge in [0.05, 0.1) is 13.1 Å². The molecule has 0 spiro atoms. The van der Waals surface area contributed by atoms with Gasteiger partial charge in [-0.2, -0.15) is 0 Å². The van der Waals surface area contributed by atoms with Gasteiger partial charge in [-0.3, -0.25) is 9.69 Å².